The molecule has 4 aromatic carbocycles. The topological polar surface area (TPSA) is 84.9 Å². The molecule has 208 valence electrons. The van der Waals surface area contributed by atoms with E-state index >= 15 is 0 Å². The van der Waals surface area contributed by atoms with E-state index in [0.29, 0.717) is 33.9 Å². The number of ether oxygens (including phenoxy) is 2. The lowest BCUT2D eigenvalue weighted by Gasteiger charge is -2.38. The zero-order valence-electron chi connectivity index (χ0n) is 23.1. The average molecular weight is 557 g/mol. The Hall–Kier alpha value is -5.17. The summed E-state index contributed by atoms with van der Waals surface area (Å²) in [6, 6.07) is 27.5. The fraction of sp³-hybridized carbons (Fsp3) is 0.171. The Kier molecular flexibility index (Phi) is 5.97. The summed E-state index contributed by atoms with van der Waals surface area (Å²) in [5.41, 5.74) is 2.67. The van der Waals surface area contributed by atoms with Crippen molar-refractivity contribution in [2.75, 3.05) is 19.5 Å². The van der Waals surface area contributed by atoms with E-state index in [9.17, 15) is 14.4 Å². The zero-order chi connectivity index (χ0) is 29.0. The van der Waals surface area contributed by atoms with Crippen molar-refractivity contribution in [3.63, 3.8) is 0 Å². The number of para-hydroxylation sites is 1. The Morgan fingerprint density at radius 1 is 0.762 bits per heavy atom. The van der Waals surface area contributed by atoms with Crippen LogP contribution in [-0.4, -0.2) is 42.6 Å². The number of hydrogen-bond donors (Lipinski definition) is 1. The molecule has 1 N–H and O–H groups in total. The highest BCUT2D eigenvalue weighted by Crippen LogP contribution is 2.62. The Bertz CT molecular complexity index is 1760. The van der Waals surface area contributed by atoms with Gasteiger partial charge in [0.05, 0.1) is 26.2 Å². The van der Waals surface area contributed by atoms with Crippen molar-refractivity contribution >= 4 is 29.2 Å². The Morgan fingerprint density at radius 3 is 2.02 bits per heavy atom. The number of ketones is 2. The van der Waals surface area contributed by atoms with E-state index in [2.05, 4.69) is 5.32 Å². The highest BCUT2D eigenvalue weighted by molar-refractivity contribution is 6.16. The van der Waals surface area contributed by atoms with Crippen molar-refractivity contribution < 1.29 is 23.9 Å². The number of hydrogen-bond acceptors (Lipinski definition) is 6. The van der Waals surface area contributed by atoms with Gasteiger partial charge in [-0.1, -0.05) is 42.5 Å². The predicted octanol–water partition coefficient (Wildman–Crippen LogP) is 5.69. The number of Topliss-reactive ketones (excluding diaryl/α,β-unsaturated/α-hetero) is 2. The summed E-state index contributed by atoms with van der Waals surface area (Å²) in [5, 5.41) is 3.07. The number of anilines is 1. The molecular weight excluding hydrogens is 528 g/mol. The molecule has 0 aliphatic carbocycles. The molecule has 3 heterocycles. The minimum Gasteiger partial charge on any atom is -0.497 e. The van der Waals surface area contributed by atoms with Gasteiger partial charge >= 0.3 is 0 Å². The third-order valence-corrected chi connectivity index (χ3v) is 8.87. The molecule has 0 radical (unpaired) electrons. The highest BCUT2D eigenvalue weighted by Gasteiger charge is 2.70. The Morgan fingerprint density at radius 2 is 1.36 bits per heavy atom. The number of nitrogens with one attached hydrogen (secondary N) is 1. The lowest BCUT2D eigenvalue weighted by Crippen LogP contribution is -2.49. The smallest absolute Gasteiger partial charge is 0.238 e. The summed E-state index contributed by atoms with van der Waals surface area (Å²) >= 11 is 0. The molecule has 7 heteroatoms. The van der Waals surface area contributed by atoms with E-state index in [1.54, 1.807) is 62.8 Å². The van der Waals surface area contributed by atoms with Gasteiger partial charge in [-0.25, -0.2) is 0 Å². The van der Waals surface area contributed by atoms with Gasteiger partial charge in [0.1, 0.15) is 23.0 Å². The second kappa shape index (κ2) is 9.73. The average Bonchev–Trinajstić information content (AvgIpc) is 3.52. The molecule has 0 unspecified atom stereocenters. The molecule has 3 aliphatic rings. The number of carbonyl (C=O) groups excluding carboxylic acids is 3. The van der Waals surface area contributed by atoms with Crippen LogP contribution in [0.4, 0.5) is 5.69 Å². The maximum atomic E-state index is 14.8. The van der Waals surface area contributed by atoms with Crippen LogP contribution in [0.2, 0.25) is 0 Å². The van der Waals surface area contributed by atoms with Crippen molar-refractivity contribution in [1.82, 2.24) is 4.90 Å². The minimum absolute atomic E-state index is 0.243. The standard InChI is InChI=1S/C35H28N2O5/c1-41-24-15-11-22(12-16-24)31(38)29-30(32(39)23-13-17-25(42-2)18-14-23)37-20-19-21-7-3-4-8-26(21)33(37)35(29)27-9-5-6-10-28(27)36-34(35)40/h3-20,29-30,33H,1-2H3,(H,36,40)/t29-,30-,33-,35-/m1/s1. The largest absolute Gasteiger partial charge is 0.497 e. The van der Waals surface area contributed by atoms with Crippen LogP contribution >= 0.6 is 0 Å². The first-order valence-electron chi connectivity index (χ1n) is 13.8. The van der Waals surface area contributed by atoms with Crippen LogP contribution in [-0.2, 0) is 10.2 Å². The number of nitrogens with zero attached hydrogens (tertiary/aromatic N) is 1. The summed E-state index contributed by atoms with van der Waals surface area (Å²) in [5.74, 6) is -0.624. The summed E-state index contributed by atoms with van der Waals surface area (Å²) in [6.07, 6.45) is 3.82. The number of methoxy groups -OCH3 is 2. The molecule has 1 amide bonds. The van der Waals surface area contributed by atoms with Gasteiger partial charge in [-0.2, -0.15) is 0 Å². The SMILES string of the molecule is COc1ccc(C(=O)[C@H]2[C@H](C(=O)c3ccc(OC)cc3)[C@@]3(C(=O)Nc4ccccc43)[C@H]3c4ccccc4C=CN23)cc1. The number of rotatable bonds is 6. The van der Waals surface area contributed by atoms with E-state index in [0.717, 1.165) is 11.1 Å². The second-order valence-corrected chi connectivity index (χ2v) is 10.8. The number of benzene rings is 4. The fourth-order valence-corrected chi connectivity index (χ4v) is 7.03. The number of fused-ring (bicyclic) bond motifs is 6. The van der Waals surface area contributed by atoms with Crippen molar-refractivity contribution in [3.05, 3.63) is 131 Å². The maximum Gasteiger partial charge on any atom is 0.238 e. The van der Waals surface area contributed by atoms with Crippen LogP contribution in [0.1, 0.15) is 43.4 Å². The molecule has 7 nitrogen and oxygen atoms in total. The first-order chi connectivity index (χ1) is 20.5. The summed E-state index contributed by atoms with van der Waals surface area (Å²) in [4.78, 5) is 45.8. The van der Waals surface area contributed by atoms with Crippen molar-refractivity contribution in [2.24, 2.45) is 5.92 Å². The monoisotopic (exact) mass is 556 g/mol. The van der Waals surface area contributed by atoms with Crippen LogP contribution in [0, 0.1) is 5.92 Å². The molecule has 1 saturated heterocycles. The summed E-state index contributed by atoms with van der Waals surface area (Å²) in [7, 11) is 3.13. The van der Waals surface area contributed by atoms with E-state index in [4.69, 9.17) is 9.47 Å². The van der Waals surface area contributed by atoms with E-state index in [1.165, 1.54) is 0 Å². The molecule has 7 rings (SSSR count). The number of carbonyl (C=O) groups is 3. The van der Waals surface area contributed by atoms with Gasteiger partial charge in [0.15, 0.2) is 11.6 Å². The second-order valence-electron chi connectivity index (χ2n) is 10.8. The molecule has 4 atom stereocenters. The molecular formula is C35H28N2O5. The van der Waals surface area contributed by atoms with Gasteiger partial charge < -0.3 is 19.7 Å². The Labute approximate surface area is 243 Å². The fourth-order valence-electron chi connectivity index (χ4n) is 7.03. The third kappa shape index (κ3) is 3.56. The van der Waals surface area contributed by atoms with Gasteiger partial charge in [-0.3, -0.25) is 14.4 Å². The van der Waals surface area contributed by atoms with Gasteiger partial charge in [0.25, 0.3) is 0 Å². The molecule has 3 aliphatic heterocycles. The Balaban J connectivity index is 1.50. The zero-order valence-corrected chi connectivity index (χ0v) is 23.1. The van der Waals surface area contributed by atoms with E-state index in [-0.39, 0.29) is 17.5 Å². The maximum absolute atomic E-state index is 14.8. The van der Waals surface area contributed by atoms with Gasteiger partial charge in [0, 0.05) is 23.0 Å². The highest BCUT2D eigenvalue weighted by atomic mass is 16.5. The predicted molar refractivity (Wildman–Crippen MR) is 159 cm³/mol. The first-order valence-corrected chi connectivity index (χ1v) is 13.8. The molecule has 42 heavy (non-hydrogen) atoms. The molecule has 0 bridgehead atoms. The van der Waals surface area contributed by atoms with Crippen LogP contribution in [0.5, 0.6) is 11.5 Å². The molecule has 1 spiro atoms. The van der Waals surface area contributed by atoms with Crippen LogP contribution in [0.25, 0.3) is 6.08 Å². The number of amides is 1. The molecule has 0 saturated carbocycles. The van der Waals surface area contributed by atoms with E-state index in [1.807, 2.05) is 65.7 Å². The summed E-state index contributed by atoms with van der Waals surface area (Å²) in [6.45, 7) is 0. The van der Waals surface area contributed by atoms with Crippen molar-refractivity contribution in [3.8, 4) is 11.5 Å². The minimum atomic E-state index is -1.37. The van der Waals surface area contributed by atoms with Crippen LogP contribution in [0.3, 0.4) is 0 Å². The van der Waals surface area contributed by atoms with Gasteiger partial charge in [0.2, 0.25) is 5.91 Å². The lowest BCUT2D eigenvalue weighted by molar-refractivity contribution is -0.122. The quantitative estimate of drug-likeness (QED) is 0.308. The summed E-state index contributed by atoms with van der Waals surface area (Å²) < 4.78 is 10.6. The van der Waals surface area contributed by atoms with E-state index < -0.39 is 23.4 Å². The van der Waals surface area contributed by atoms with Gasteiger partial charge in [-0.15, -0.1) is 0 Å². The van der Waals surface area contributed by atoms with Crippen LogP contribution < -0.4 is 14.8 Å². The molecule has 1 fully saturated rings. The lowest BCUT2D eigenvalue weighted by atomic mass is 9.62. The van der Waals surface area contributed by atoms with Crippen molar-refractivity contribution in [2.45, 2.75) is 17.5 Å². The van der Waals surface area contributed by atoms with Crippen LogP contribution in [0.15, 0.2) is 103 Å². The first kappa shape index (κ1) is 25.8. The normalized spacial score (nSPS) is 23.1. The third-order valence-electron chi connectivity index (χ3n) is 8.87. The molecule has 0 aromatic heterocycles. The van der Waals surface area contributed by atoms with Gasteiger partial charge in [-0.05, 0) is 77.4 Å². The molecule has 4 aromatic rings. The van der Waals surface area contributed by atoms with Crippen molar-refractivity contribution in [1.29, 1.82) is 0 Å².